The third-order valence-electron chi connectivity index (χ3n) is 4.22. The van der Waals surface area contributed by atoms with E-state index in [0.29, 0.717) is 33.4 Å². The van der Waals surface area contributed by atoms with Crippen molar-refractivity contribution in [3.05, 3.63) is 76.1 Å². The molecule has 0 saturated heterocycles. The highest BCUT2D eigenvalue weighted by molar-refractivity contribution is 6.31. The van der Waals surface area contributed by atoms with Crippen molar-refractivity contribution in [2.45, 2.75) is 6.54 Å². The van der Waals surface area contributed by atoms with Gasteiger partial charge in [0.2, 0.25) is 5.82 Å². The van der Waals surface area contributed by atoms with Crippen LogP contribution in [0.4, 0.5) is 4.39 Å². The second-order valence-electron chi connectivity index (χ2n) is 6.27. The zero-order valence-corrected chi connectivity index (χ0v) is 15.4. The lowest BCUT2D eigenvalue weighted by molar-refractivity contribution is 0.0816. The first-order valence-electron chi connectivity index (χ1n) is 8.23. The lowest BCUT2D eigenvalue weighted by Crippen LogP contribution is -2.23. The number of rotatable bonds is 2. The van der Waals surface area contributed by atoms with E-state index in [1.165, 1.54) is 11.0 Å². The van der Waals surface area contributed by atoms with Gasteiger partial charge in [-0.2, -0.15) is 0 Å². The van der Waals surface area contributed by atoms with Gasteiger partial charge >= 0.3 is 0 Å². The molecule has 136 valence electrons. The summed E-state index contributed by atoms with van der Waals surface area (Å²) in [4.78, 5) is 22.5. The summed E-state index contributed by atoms with van der Waals surface area (Å²) >= 11 is 6.19. The Hall–Kier alpha value is -3.06. The lowest BCUT2D eigenvalue weighted by Gasteiger charge is -2.12. The Morgan fingerprint density at radius 1 is 1.19 bits per heavy atom. The van der Waals surface area contributed by atoms with Gasteiger partial charge in [-0.05, 0) is 30.3 Å². The maximum atomic E-state index is 14.4. The molecule has 6 nitrogen and oxygen atoms in total. The van der Waals surface area contributed by atoms with Gasteiger partial charge in [0.1, 0.15) is 5.82 Å². The zero-order valence-electron chi connectivity index (χ0n) is 14.6. The predicted octanol–water partition coefficient (Wildman–Crippen LogP) is 3.11. The van der Waals surface area contributed by atoms with Crippen LogP contribution in [0.5, 0.6) is 0 Å². The van der Waals surface area contributed by atoms with E-state index in [9.17, 15) is 9.18 Å². The smallest absolute Gasteiger partial charge is 0.293 e. The second kappa shape index (κ2) is 6.59. The minimum Gasteiger partial charge on any atom is -0.342 e. The van der Waals surface area contributed by atoms with Crippen molar-refractivity contribution in [2.75, 3.05) is 14.1 Å². The van der Waals surface area contributed by atoms with Crippen LogP contribution < -0.4 is 0 Å². The number of hydrogen-bond acceptors (Lipinski definition) is 4. The third kappa shape index (κ3) is 3.00. The fourth-order valence-corrected chi connectivity index (χ4v) is 3.10. The van der Waals surface area contributed by atoms with E-state index in [-0.39, 0.29) is 24.1 Å². The molecule has 8 heteroatoms. The molecular formula is C19H15ClFN5O. The van der Waals surface area contributed by atoms with Gasteiger partial charge in [-0.25, -0.2) is 14.1 Å². The molecule has 0 radical (unpaired) electrons. The van der Waals surface area contributed by atoms with Crippen molar-refractivity contribution >= 4 is 23.2 Å². The Morgan fingerprint density at radius 2 is 1.96 bits per heavy atom. The normalized spacial score (nSPS) is 12.7. The van der Waals surface area contributed by atoms with Crippen LogP contribution in [-0.2, 0) is 6.54 Å². The monoisotopic (exact) mass is 383 g/mol. The first kappa shape index (κ1) is 17.4. The number of carbonyl (C=O) groups is 1. The molecule has 4 rings (SSSR count). The minimum absolute atomic E-state index is 0.0837. The first-order chi connectivity index (χ1) is 13.0. The van der Waals surface area contributed by atoms with Crippen molar-refractivity contribution in [1.82, 2.24) is 19.7 Å². The molecule has 0 fully saturated rings. The number of aliphatic imine (C=N–C) groups is 1. The molecule has 1 amide bonds. The molecule has 0 atom stereocenters. The zero-order chi connectivity index (χ0) is 19.1. The van der Waals surface area contributed by atoms with Gasteiger partial charge in [0.15, 0.2) is 5.82 Å². The maximum absolute atomic E-state index is 14.4. The molecule has 1 aromatic heterocycles. The van der Waals surface area contributed by atoms with E-state index < -0.39 is 0 Å². The van der Waals surface area contributed by atoms with Crippen LogP contribution in [0.1, 0.15) is 27.6 Å². The highest BCUT2D eigenvalue weighted by Gasteiger charge is 2.25. The molecule has 1 aliphatic heterocycles. The maximum Gasteiger partial charge on any atom is 0.293 e. The molecule has 0 aliphatic carbocycles. The van der Waals surface area contributed by atoms with Crippen LogP contribution in [-0.4, -0.2) is 45.4 Å². The van der Waals surface area contributed by atoms with Crippen molar-refractivity contribution in [3.63, 3.8) is 0 Å². The van der Waals surface area contributed by atoms with Crippen molar-refractivity contribution in [3.8, 4) is 5.69 Å². The SMILES string of the molecule is CN(C)C(=O)c1nc2n(n1)-c1ccc(Cl)cc1C(c1ccccc1F)=NC2. The van der Waals surface area contributed by atoms with Crippen LogP contribution in [0.3, 0.4) is 0 Å². The summed E-state index contributed by atoms with van der Waals surface area (Å²) in [7, 11) is 3.27. The Labute approximate surface area is 159 Å². The topological polar surface area (TPSA) is 63.4 Å². The average molecular weight is 384 g/mol. The highest BCUT2D eigenvalue weighted by Crippen LogP contribution is 2.27. The Kier molecular flexibility index (Phi) is 4.24. The molecule has 0 unspecified atom stereocenters. The molecule has 0 bridgehead atoms. The summed E-state index contributed by atoms with van der Waals surface area (Å²) < 4.78 is 16.0. The fourth-order valence-electron chi connectivity index (χ4n) is 2.93. The van der Waals surface area contributed by atoms with Gasteiger partial charge in [-0.15, -0.1) is 5.10 Å². The van der Waals surface area contributed by atoms with Crippen LogP contribution in [0.25, 0.3) is 5.69 Å². The van der Waals surface area contributed by atoms with E-state index in [1.54, 1.807) is 55.2 Å². The molecule has 2 heterocycles. The van der Waals surface area contributed by atoms with E-state index >= 15 is 0 Å². The number of hydrogen-bond donors (Lipinski definition) is 0. The van der Waals surface area contributed by atoms with E-state index in [2.05, 4.69) is 15.1 Å². The lowest BCUT2D eigenvalue weighted by atomic mass is 10.00. The average Bonchev–Trinajstić information content (AvgIpc) is 3.00. The van der Waals surface area contributed by atoms with Crippen molar-refractivity contribution < 1.29 is 9.18 Å². The van der Waals surface area contributed by atoms with Crippen LogP contribution >= 0.6 is 11.6 Å². The van der Waals surface area contributed by atoms with Crippen molar-refractivity contribution in [1.29, 1.82) is 0 Å². The molecule has 0 spiro atoms. The van der Waals surface area contributed by atoms with Crippen LogP contribution in [0.2, 0.25) is 5.02 Å². The number of aromatic nitrogens is 3. The number of carbonyl (C=O) groups excluding carboxylic acids is 1. The second-order valence-corrected chi connectivity index (χ2v) is 6.71. The van der Waals surface area contributed by atoms with Gasteiger partial charge in [-0.1, -0.05) is 23.7 Å². The molecule has 1 aliphatic rings. The summed E-state index contributed by atoms with van der Waals surface area (Å²) in [5.41, 5.74) is 2.11. The van der Waals surface area contributed by atoms with Gasteiger partial charge in [-0.3, -0.25) is 9.79 Å². The third-order valence-corrected chi connectivity index (χ3v) is 4.46. The van der Waals surface area contributed by atoms with E-state index in [0.717, 1.165) is 0 Å². The van der Waals surface area contributed by atoms with Gasteiger partial charge in [0.25, 0.3) is 5.91 Å². The molecule has 2 aromatic carbocycles. The fraction of sp³-hybridized carbons (Fsp3) is 0.158. The summed E-state index contributed by atoms with van der Waals surface area (Å²) in [5, 5.41) is 4.85. The van der Waals surface area contributed by atoms with Crippen molar-refractivity contribution in [2.24, 2.45) is 4.99 Å². The van der Waals surface area contributed by atoms with Crippen LogP contribution in [0, 0.1) is 5.82 Å². The molecule has 3 aromatic rings. The largest absolute Gasteiger partial charge is 0.342 e. The summed E-state index contributed by atoms with van der Waals surface area (Å²) in [6.45, 7) is 0.156. The van der Waals surface area contributed by atoms with E-state index in [4.69, 9.17) is 11.6 Å². The van der Waals surface area contributed by atoms with E-state index in [1.807, 2.05) is 0 Å². The number of fused-ring (bicyclic) bond motifs is 3. The molecule has 0 N–H and O–H groups in total. The molecule has 27 heavy (non-hydrogen) atoms. The quantitative estimate of drug-likeness (QED) is 0.683. The number of amides is 1. The van der Waals surface area contributed by atoms with Crippen LogP contribution in [0.15, 0.2) is 47.5 Å². The molecule has 0 saturated carbocycles. The summed E-state index contributed by atoms with van der Waals surface area (Å²) in [6, 6.07) is 11.6. The summed E-state index contributed by atoms with van der Waals surface area (Å²) in [6.07, 6.45) is 0. The molecular weight excluding hydrogens is 369 g/mol. The Morgan fingerprint density at radius 3 is 2.70 bits per heavy atom. The van der Waals surface area contributed by atoms with Gasteiger partial charge in [0, 0.05) is 30.2 Å². The summed E-state index contributed by atoms with van der Waals surface area (Å²) in [5.74, 6) is -0.0990. The highest BCUT2D eigenvalue weighted by atomic mass is 35.5. The Bertz CT molecular complexity index is 1090. The minimum atomic E-state index is -0.377. The van der Waals surface area contributed by atoms with Gasteiger partial charge in [0.05, 0.1) is 17.9 Å². The predicted molar refractivity (Wildman–Crippen MR) is 100 cm³/mol. The number of nitrogens with zero attached hydrogens (tertiary/aromatic N) is 5. The number of halogens is 2. The first-order valence-corrected chi connectivity index (χ1v) is 8.60. The Balaban J connectivity index is 1.93. The van der Waals surface area contributed by atoms with Gasteiger partial charge < -0.3 is 4.90 Å². The standard InChI is InChI=1S/C19H15ClFN5O/c1-25(2)19(27)18-23-16-10-22-17(12-5-3-4-6-14(12)21)13-9-11(20)7-8-15(13)26(16)24-18/h3-9H,10H2,1-2H3. The number of benzene rings is 2.